The summed E-state index contributed by atoms with van der Waals surface area (Å²) in [6, 6.07) is 0. The fourth-order valence-corrected chi connectivity index (χ4v) is 2.22. The lowest BCUT2D eigenvalue weighted by atomic mass is 10.1. The second-order valence-corrected chi connectivity index (χ2v) is 5.02. The number of allylic oxidation sites excluding steroid dienone is 3. The van der Waals surface area contributed by atoms with Crippen molar-refractivity contribution < 1.29 is 4.79 Å². The Kier molecular flexibility index (Phi) is 8.28. The Morgan fingerprint density at radius 1 is 1.06 bits per heavy atom. The summed E-state index contributed by atoms with van der Waals surface area (Å²) in [6.45, 7) is 4.11. The molecule has 0 aromatic heterocycles. The third kappa shape index (κ3) is 6.63. The molecular weight excluding hydrogens is 222 g/mol. The summed E-state index contributed by atoms with van der Waals surface area (Å²) in [7, 11) is 0. The Balaban J connectivity index is 2.02. The number of rotatable bonds is 8. The molecule has 1 heterocycles. The maximum absolute atomic E-state index is 11.7. The molecule has 102 valence electrons. The van der Waals surface area contributed by atoms with Gasteiger partial charge in [0.2, 0.25) is 5.91 Å². The minimum absolute atomic E-state index is 0.167. The van der Waals surface area contributed by atoms with E-state index in [0.29, 0.717) is 0 Å². The quantitative estimate of drug-likeness (QED) is 0.360. The zero-order chi connectivity index (χ0) is 13.1. The molecule has 0 N–H and O–H groups in total. The Bertz CT molecular complexity index is 275. The van der Waals surface area contributed by atoms with E-state index in [1.54, 1.807) is 6.08 Å². The first-order chi connectivity index (χ1) is 8.84. The van der Waals surface area contributed by atoms with Crippen molar-refractivity contribution in [2.24, 2.45) is 0 Å². The average molecular weight is 249 g/mol. The van der Waals surface area contributed by atoms with Gasteiger partial charge in [0.1, 0.15) is 0 Å². The van der Waals surface area contributed by atoms with Gasteiger partial charge < -0.3 is 4.90 Å². The third-order valence-electron chi connectivity index (χ3n) is 3.38. The standard InChI is InChI=1S/C16H27NO/c1-2-3-4-5-6-7-8-9-10-13-16(18)17-14-11-12-15-17/h8-10,13H,2-7,11-12,14-15H2,1H3. The van der Waals surface area contributed by atoms with Gasteiger partial charge >= 0.3 is 0 Å². The van der Waals surface area contributed by atoms with Crippen LogP contribution in [0.3, 0.4) is 0 Å². The van der Waals surface area contributed by atoms with Crippen LogP contribution in [-0.4, -0.2) is 23.9 Å². The largest absolute Gasteiger partial charge is 0.339 e. The molecule has 0 bridgehead atoms. The van der Waals surface area contributed by atoms with E-state index in [2.05, 4.69) is 13.0 Å². The molecule has 0 aromatic carbocycles. The molecule has 0 atom stereocenters. The smallest absolute Gasteiger partial charge is 0.246 e. The highest BCUT2D eigenvalue weighted by atomic mass is 16.2. The van der Waals surface area contributed by atoms with E-state index in [1.165, 1.54) is 32.1 Å². The minimum Gasteiger partial charge on any atom is -0.339 e. The minimum atomic E-state index is 0.167. The Morgan fingerprint density at radius 3 is 2.50 bits per heavy atom. The number of nitrogens with zero attached hydrogens (tertiary/aromatic N) is 1. The van der Waals surface area contributed by atoms with Gasteiger partial charge in [0.05, 0.1) is 0 Å². The van der Waals surface area contributed by atoms with E-state index in [1.807, 2.05) is 17.1 Å². The SMILES string of the molecule is CCCCCCCC=CC=CC(=O)N1CCCC1. The summed E-state index contributed by atoms with van der Waals surface area (Å²) in [6.07, 6.45) is 17.8. The van der Waals surface area contributed by atoms with Crippen LogP contribution in [0.15, 0.2) is 24.3 Å². The van der Waals surface area contributed by atoms with Crippen LogP contribution in [0.2, 0.25) is 0 Å². The number of unbranched alkanes of at least 4 members (excludes halogenated alkanes) is 5. The highest BCUT2D eigenvalue weighted by Gasteiger charge is 2.14. The Hall–Kier alpha value is -1.05. The molecular formula is C16H27NO. The van der Waals surface area contributed by atoms with Gasteiger partial charge in [-0.1, -0.05) is 50.8 Å². The van der Waals surface area contributed by atoms with Crippen molar-refractivity contribution in [2.75, 3.05) is 13.1 Å². The van der Waals surface area contributed by atoms with Crippen LogP contribution in [-0.2, 0) is 4.79 Å². The summed E-state index contributed by atoms with van der Waals surface area (Å²) in [5, 5.41) is 0. The Labute approximate surface area is 112 Å². The molecule has 0 saturated carbocycles. The fraction of sp³-hybridized carbons (Fsp3) is 0.688. The van der Waals surface area contributed by atoms with E-state index in [0.717, 1.165) is 32.4 Å². The zero-order valence-corrected chi connectivity index (χ0v) is 11.7. The predicted molar refractivity (Wildman–Crippen MR) is 77.5 cm³/mol. The van der Waals surface area contributed by atoms with E-state index in [4.69, 9.17) is 0 Å². The number of hydrogen-bond acceptors (Lipinski definition) is 1. The predicted octanol–water partition coefficient (Wildman–Crippen LogP) is 4.08. The van der Waals surface area contributed by atoms with Crippen LogP contribution >= 0.6 is 0 Å². The van der Waals surface area contributed by atoms with Crippen molar-refractivity contribution in [3.8, 4) is 0 Å². The highest BCUT2D eigenvalue weighted by molar-refractivity contribution is 5.88. The number of amides is 1. The normalized spacial score (nSPS) is 16.2. The lowest BCUT2D eigenvalue weighted by Crippen LogP contribution is -2.25. The second kappa shape index (κ2) is 9.93. The van der Waals surface area contributed by atoms with Crippen molar-refractivity contribution in [3.63, 3.8) is 0 Å². The van der Waals surface area contributed by atoms with Gasteiger partial charge in [-0.05, 0) is 25.7 Å². The molecule has 0 aliphatic carbocycles. The summed E-state index contributed by atoms with van der Waals surface area (Å²) in [5.74, 6) is 0.167. The zero-order valence-electron chi connectivity index (χ0n) is 11.7. The maximum atomic E-state index is 11.7. The maximum Gasteiger partial charge on any atom is 0.246 e. The van der Waals surface area contributed by atoms with Gasteiger partial charge in [0, 0.05) is 19.2 Å². The molecule has 1 amide bonds. The first kappa shape index (κ1) is 15.0. The van der Waals surface area contributed by atoms with Gasteiger partial charge in [-0.3, -0.25) is 4.79 Å². The van der Waals surface area contributed by atoms with Crippen molar-refractivity contribution in [2.45, 2.75) is 58.3 Å². The van der Waals surface area contributed by atoms with Crippen LogP contribution in [0, 0.1) is 0 Å². The molecule has 18 heavy (non-hydrogen) atoms. The summed E-state index contributed by atoms with van der Waals surface area (Å²) in [4.78, 5) is 13.6. The van der Waals surface area contributed by atoms with Gasteiger partial charge in [0.25, 0.3) is 0 Å². The monoisotopic (exact) mass is 249 g/mol. The van der Waals surface area contributed by atoms with Crippen LogP contribution in [0.1, 0.15) is 58.3 Å². The van der Waals surface area contributed by atoms with Crippen LogP contribution < -0.4 is 0 Å². The lowest BCUT2D eigenvalue weighted by molar-refractivity contribution is -0.124. The summed E-state index contributed by atoms with van der Waals surface area (Å²) in [5.41, 5.74) is 0. The van der Waals surface area contributed by atoms with Crippen molar-refractivity contribution >= 4 is 5.91 Å². The third-order valence-corrected chi connectivity index (χ3v) is 3.38. The van der Waals surface area contributed by atoms with Gasteiger partial charge in [-0.2, -0.15) is 0 Å². The summed E-state index contributed by atoms with van der Waals surface area (Å²) >= 11 is 0. The summed E-state index contributed by atoms with van der Waals surface area (Å²) < 4.78 is 0. The van der Waals surface area contributed by atoms with E-state index in [-0.39, 0.29) is 5.91 Å². The van der Waals surface area contributed by atoms with Crippen LogP contribution in [0.4, 0.5) is 0 Å². The number of likely N-dealkylation sites (tertiary alicyclic amines) is 1. The number of carbonyl (C=O) groups excluding carboxylic acids is 1. The van der Waals surface area contributed by atoms with E-state index < -0.39 is 0 Å². The molecule has 0 aromatic rings. The second-order valence-electron chi connectivity index (χ2n) is 5.02. The Morgan fingerprint density at radius 2 is 1.78 bits per heavy atom. The molecule has 2 nitrogen and oxygen atoms in total. The van der Waals surface area contributed by atoms with E-state index in [9.17, 15) is 4.79 Å². The van der Waals surface area contributed by atoms with Gasteiger partial charge in [-0.15, -0.1) is 0 Å². The molecule has 1 saturated heterocycles. The van der Waals surface area contributed by atoms with Crippen LogP contribution in [0.5, 0.6) is 0 Å². The van der Waals surface area contributed by atoms with Crippen molar-refractivity contribution in [1.82, 2.24) is 4.90 Å². The average Bonchev–Trinajstić information content (AvgIpc) is 2.90. The number of hydrogen-bond donors (Lipinski definition) is 0. The van der Waals surface area contributed by atoms with Crippen LogP contribution in [0.25, 0.3) is 0 Å². The molecule has 1 aliphatic rings. The fourth-order valence-electron chi connectivity index (χ4n) is 2.22. The molecule has 0 spiro atoms. The van der Waals surface area contributed by atoms with Gasteiger partial charge in [0.15, 0.2) is 0 Å². The van der Waals surface area contributed by atoms with Gasteiger partial charge in [-0.25, -0.2) is 0 Å². The first-order valence-electron chi connectivity index (χ1n) is 7.46. The molecule has 1 rings (SSSR count). The molecule has 1 aliphatic heterocycles. The molecule has 0 radical (unpaired) electrons. The number of carbonyl (C=O) groups is 1. The topological polar surface area (TPSA) is 20.3 Å². The lowest BCUT2D eigenvalue weighted by Gasteiger charge is -2.11. The molecule has 1 fully saturated rings. The van der Waals surface area contributed by atoms with E-state index >= 15 is 0 Å². The van der Waals surface area contributed by atoms with Crippen molar-refractivity contribution in [1.29, 1.82) is 0 Å². The molecule has 2 heteroatoms. The van der Waals surface area contributed by atoms with Crippen molar-refractivity contribution in [3.05, 3.63) is 24.3 Å². The highest BCUT2D eigenvalue weighted by Crippen LogP contribution is 2.08. The first-order valence-corrected chi connectivity index (χ1v) is 7.46. The molecule has 0 unspecified atom stereocenters.